The average Bonchev–Trinajstić information content (AvgIpc) is 2.97. The second kappa shape index (κ2) is 5.89. The Morgan fingerprint density at radius 2 is 1.82 bits per heavy atom. The largest absolute Gasteiger partial charge is 0.484 e. The van der Waals surface area contributed by atoms with E-state index in [9.17, 15) is 9.59 Å². The standard InChI is InChI=1S/C17H16N2O3/c18-17(21)13-5-7-14(8-6-13)22-11-16(20)19-10-9-12-3-1-2-4-15(12)19/h1-8H,9-11H2,(H2,18,21). The zero-order valence-corrected chi connectivity index (χ0v) is 12.0. The predicted molar refractivity (Wildman–Crippen MR) is 83.0 cm³/mol. The van der Waals surface area contributed by atoms with Gasteiger partial charge in [0.25, 0.3) is 5.91 Å². The van der Waals surface area contributed by atoms with Gasteiger partial charge in [-0.15, -0.1) is 0 Å². The molecule has 1 heterocycles. The maximum absolute atomic E-state index is 12.3. The third kappa shape index (κ3) is 2.79. The lowest BCUT2D eigenvalue weighted by atomic mass is 10.2. The molecule has 1 aliphatic rings. The Labute approximate surface area is 128 Å². The minimum atomic E-state index is -0.490. The molecule has 22 heavy (non-hydrogen) atoms. The van der Waals surface area contributed by atoms with Crippen molar-refractivity contribution in [2.24, 2.45) is 5.73 Å². The van der Waals surface area contributed by atoms with E-state index in [2.05, 4.69) is 0 Å². The van der Waals surface area contributed by atoms with Crippen molar-refractivity contribution in [1.29, 1.82) is 0 Å². The molecule has 5 heteroatoms. The smallest absolute Gasteiger partial charge is 0.264 e. The summed E-state index contributed by atoms with van der Waals surface area (Å²) in [6.07, 6.45) is 0.870. The molecular formula is C17H16N2O3. The highest BCUT2D eigenvalue weighted by molar-refractivity contribution is 5.96. The topological polar surface area (TPSA) is 72.6 Å². The lowest BCUT2D eigenvalue weighted by molar-refractivity contribution is -0.120. The molecule has 0 radical (unpaired) electrons. The number of rotatable bonds is 4. The number of nitrogens with zero attached hydrogens (tertiary/aromatic N) is 1. The second-order valence-electron chi connectivity index (χ2n) is 5.10. The number of hydrogen-bond donors (Lipinski definition) is 1. The van der Waals surface area contributed by atoms with E-state index in [1.807, 2.05) is 24.3 Å². The zero-order chi connectivity index (χ0) is 15.5. The van der Waals surface area contributed by atoms with Crippen LogP contribution >= 0.6 is 0 Å². The van der Waals surface area contributed by atoms with Crippen molar-refractivity contribution in [1.82, 2.24) is 0 Å². The number of carbonyl (C=O) groups excluding carboxylic acids is 2. The van der Waals surface area contributed by atoms with Crippen LogP contribution in [-0.4, -0.2) is 25.0 Å². The molecule has 2 amide bonds. The summed E-state index contributed by atoms with van der Waals surface area (Å²) < 4.78 is 5.49. The van der Waals surface area contributed by atoms with Crippen molar-refractivity contribution in [3.05, 3.63) is 59.7 Å². The lowest BCUT2D eigenvalue weighted by Gasteiger charge is -2.17. The van der Waals surface area contributed by atoms with Gasteiger partial charge in [0.1, 0.15) is 5.75 Å². The Balaban J connectivity index is 1.62. The van der Waals surface area contributed by atoms with Gasteiger partial charge >= 0.3 is 0 Å². The van der Waals surface area contributed by atoms with Crippen molar-refractivity contribution >= 4 is 17.5 Å². The molecule has 112 valence electrons. The second-order valence-corrected chi connectivity index (χ2v) is 5.10. The number of anilines is 1. The minimum absolute atomic E-state index is 0.0374. The number of amides is 2. The Bertz CT molecular complexity index is 710. The van der Waals surface area contributed by atoms with Crippen LogP contribution in [0.25, 0.3) is 0 Å². The Kier molecular flexibility index (Phi) is 3.78. The molecule has 0 saturated heterocycles. The third-order valence-electron chi connectivity index (χ3n) is 3.69. The molecule has 0 unspecified atom stereocenters. The monoisotopic (exact) mass is 296 g/mol. The van der Waals surface area contributed by atoms with Gasteiger partial charge in [0.2, 0.25) is 5.91 Å². The van der Waals surface area contributed by atoms with Gasteiger partial charge in [-0.1, -0.05) is 18.2 Å². The number of hydrogen-bond acceptors (Lipinski definition) is 3. The quantitative estimate of drug-likeness (QED) is 0.934. The van der Waals surface area contributed by atoms with Gasteiger partial charge in [0.05, 0.1) is 0 Å². The summed E-state index contributed by atoms with van der Waals surface area (Å²) in [5, 5.41) is 0. The summed E-state index contributed by atoms with van der Waals surface area (Å²) in [7, 11) is 0. The predicted octanol–water partition coefficient (Wildman–Crippen LogP) is 1.75. The van der Waals surface area contributed by atoms with Crippen LogP contribution in [0.4, 0.5) is 5.69 Å². The molecule has 0 fully saturated rings. The molecule has 0 atom stereocenters. The van der Waals surface area contributed by atoms with Crippen LogP contribution in [0, 0.1) is 0 Å². The number of primary amides is 1. The van der Waals surface area contributed by atoms with E-state index in [-0.39, 0.29) is 12.5 Å². The van der Waals surface area contributed by atoms with E-state index in [4.69, 9.17) is 10.5 Å². The Hall–Kier alpha value is -2.82. The van der Waals surface area contributed by atoms with Gasteiger partial charge in [0.15, 0.2) is 6.61 Å². The number of fused-ring (bicyclic) bond motifs is 1. The number of para-hydroxylation sites is 1. The highest BCUT2D eigenvalue weighted by Crippen LogP contribution is 2.27. The number of benzene rings is 2. The fourth-order valence-corrected chi connectivity index (χ4v) is 2.54. The molecule has 3 rings (SSSR count). The van der Waals surface area contributed by atoms with E-state index in [0.717, 1.165) is 12.1 Å². The van der Waals surface area contributed by atoms with Crippen molar-refractivity contribution < 1.29 is 14.3 Å². The molecule has 0 aliphatic carbocycles. The van der Waals surface area contributed by atoms with Gasteiger partial charge in [-0.3, -0.25) is 9.59 Å². The first-order valence-electron chi connectivity index (χ1n) is 7.06. The van der Waals surface area contributed by atoms with Gasteiger partial charge in [-0.2, -0.15) is 0 Å². The summed E-state index contributed by atoms with van der Waals surface area (Å²) in [4.78, 5) is 25.0. The van der Waals surface area contributed by atoms with Crippen molar-refractivity contribution in [2.75, 3.05) is 18.1 Å². The first-order chi connectivity index (χ1) is 10.6. The molecule has 0 spiro atoms. The maximum Gasteiger partial charge on any atom is 0.264 e. The average molecular weight is 296 g/mol. The van der Waals surface area contributed by atoms with E-state index in [1.165, 1.54) is 5.56 Å². The van der Waals surface area contributed by atoms with Crippen LogP contribution in [0.15, 0.2) is 48.5 Å². The zero-order valence-electron chi connectivity index (χ0n) is 12.0. The SMILES string of the molecule is NC(=O)c1ccc(OCC(=O)N2CCc3ccccc32)cc1. The number of nitrogens with two attached hydrogens (primary N) is 1. The van der Waals surface area contributed by atoms with Crippen LogP contribution in [-0.2, 0) is 11.2 Å². The summed E-state index contributed by atoms with van der Waals surface area (Å²) in [6, 6.07) is 14.3. The highest BCUT2D eigenvalue weighted by Gasteiger charge is 2.24. The van der Waals surface area contributed by atoms with E-state index in [0.29, 0.717) is 17.9 Å². The molecule has 2 aromatic carbocycles. The Morgan fingerprint density at radius 1 is 1.09 bits per heavy atom. The van der Waals surface area contributed by atoms with Crippen molar-refractivity contribution in [3.8, 4) is 5.75 Å². The Morgan fingerprint density at radius 3 is 2.55 bits per heavy atom. The third-order valence-corrected chi connectivity index (χ3v) is 3.69. The van der Waals surface area contributed by atoms with Gasteiger partial charge in [-0.05, 0) is 42.3 Å². The maximum atomic E-state index is 12.3. The molecule has 0 bridgehead atoms. The van der Waals surface area contributed by atoms with E-state index in [1.54, 1.807) is 29.2 Å². The van der Waals surface area contributed by atoms with Crippen LogP contribution in [0.5, 0.6) is 5.75 Å². The fraction of sp³-hybridized carbons (Fsp3) is 0.176. The van der Waals surface area contributed by atoms with E-state index >= 15 is 0 Å². The first-order valence-corrected chi connectivity index (χ1v) is 7.06. The van der Waals surface area contributed by atoms with Gasteiger partial charge in [-0.25, -0.2) is 0 Å². The van der Waals surface area contributed by atoms with Crippen LogP contribution < -0.4 is 15.4 Å². The lowest BCUT2D eigenvalue weighted by Crippen LogP contribution is -2.33. The summed E-state index contributed by atoms with van der Waals surface area (Å²) in [5.74, 6) is -0.0361. The first kappa shape index (κ1) is 14.1. The normalized spacial score (nSPS) is 12.8. The molecule has 0 saturated carbocycles. The molecule has 2 N–H and O–H groups in total. The molecule has 0 aromatic heterocycles. The highest BCUT2D eigenvalue weighted by atomic mass is 16.5. The molecule has 1 aliphatic heterocycles. The van der Waals surface area contributed by atoms with Crippen LogP contribution in [0.3, 0.4) is 0 Å². The summed E-state index contributed by atoms with van der Waals surface area (Å²) >= 11 is 0. The molecule has 2 aromatic rings. The number of ether oxygens (including phenoxy) is 1. The van der Waals surface area contributed by atoms with Crippen LogP contribution in [0.1, 0.15) is 15.9 Å². The van der Waals surface area contributed by atoms with E-state index < -0.39 is 5.91 Å². The van der Waals surface area contributed by atoms with Crippen LogP contribution in [0.2, 0.25) is 0 Å². The van der Waals surface area contributed by atoms with Crippen molar-refractivity contribution in [3.63, 3.8) is 0 Å². The summed E-state index contributed by atoms with van der Waals surface area (Å²) in [6.45, 7) is 0.645. The van der Waals surface area contributed by atoms with Crippen molar-refractivity contribution in [2.45, 2.75) is 6.42 Å². The van der Waals surface area contributed by atoms with Gasteiger partial charge < -0.3 is 15.4 Å². The minimum Gasteiger partial charge on any atom is -0.484 e. The molecular weight excluding hydrogens is 280 g/mol. The fourth-order valence-electron chi connectivity index (χ4n) is 2.54. The summed E-state index contributed by atoms with van der Waals surface area (Å²) in [5.41, 5.74) is 7.72. The molecule has 5 nitrogen and oxygen atoms in total. The number of carbonyl (C=O) groups is 2. The van der Waals surface area contributed by atoms with Gasteiger partial charge in [0, 0.05) is 17.8 Å².